The minimum Gasteiger partial charge on any atom is -0.481 e. The lowest BCUT2D eigenvalue weighted by molar-refractivity contribution is -0.136. The van der Waals surface area contributed by atoms with Crippen LogP contribution in [0, 0.1) is 0 Å². The van der Waals surface area contributed by atoms with Gasteiger partial charge in [0, 0.05) is 6.42 Å². The smallest absolute Gasteiger partial charge is 0.303 e. The molecule has 0 aliphatic heterocycles. The van der Waals surface area contributed by atoms with E-state index in [1.165, 1.54) is 0 Å². The normalized spacial score (nSPS) is 7.75. The Morgan fingerprint density at radius 2 is 1.75 bits per heavy atom. The molecule has 70 valence electrons. The molecule has 0 aromatic rings. The summed E-state index contributed by atoms with van der Waals surface area (Å²) in [4.78, 5) is 9.37. The van der Waals surface area contributed by atoms with Crippen LogP contribution < -0.4 is 0 Å². The van der Waals surface area contributed by atoms with Gasteiger partial charge in [0.25, 0.3) is 0 Å². The van der Waals surface area contributed by atoms with Crippen molar-refractivity contribution in [2.75, 3.05) is 13.2 Å². The maximum Gasteiger partial charge on any atom is 0.303 e. The van der Waals surface area contributed by atoms with Crippen LogP contribution in [0.15, 0.2) is 25.3 Å². The van der Waals surface area contributed by atoms with Crippen molar-refractivity contribution in [2.24, 2.45) is 0 Å². The van der Waals surface area contributed by atoms with Crippen LogP contribution in [-0.2, 0) is 9.53 Å². The molecule has 0 aromatic carbocycles. The zero-order valence-electron chi connectivity index (χ0n) is 7.45. The topological polar surface area (TPSA) is 46.5 Å². The Labute approximate surface area is 73.4 Å². The van der Waals surface area contributed by atoms with Gasteiger partial charge in [0.2, 0.25) is 0 Å². The third-order valence-electron chi connectivity index (χ3n) is 0.774. The van der Waals surface area contributed by atoms with Crippen molar-refractivity contribution in [3.63, 3.8) is 0 Å². The van der Waals surface area contributed by atoms with E-state index in [9.17, 15) is 4.79 Å². The summed E-state index contributed by atoms with van der Waals surface area (Å²) < 4.78 is 4.90. The van der Waals surface area contributed by atoms with Crippen LogP contribution in [0.2, 0.25) is 0 Å². The molecular formula is C9H16O3. The van der Waals surface area contributed by atoms with Crippen LogP contribution in [0.25, 0.3) is 0 Å². The van der Waals surface area contributed by atoms with E-state index in [1.807, 2.05) is 0 Å². The number of rotatable bonds is 5. The molecule has 3 nitrogen and oxygen atoms in total. The summed E-state index contributed by atoms with van der Waals surface area (Å²) in [6.45, 7) is 9.78. The van der Waals surface area contributed by atoms with Gasteiger partial charge in [-0.15, -0.1) is 13.2 Å². The van der Waals surface area contributed by atoms with Crippen molar-refractivity contribution < 1.29 is 14.6 Å². The first kappa shape index (κ1) is 13.5. The Bertz CT molecular complexity index is 122. The summed E-state index contributed by atoms with van der Waals surface area (Å²) in [5.74, 6) is -0.745. The van der Waals surface area contributed by atoms with E-state index in [1.54, 1.807) is 19.1 Å². The number of hydrogen-bond acceptors (Lipinski definition) is 2. The molecule has 0 fully saturated rings. The Kier molecular flexibility index (Phi) is 14.1. The Hall–Kier alpha value is -1.09. The number of carbonyl (C=O) groups is 1. The van der Waals surface area contributed by atoms with Crippen molar-refractivity contribution in [1.82, 2.24) is 0 Å². The molecule has 1 N–H and O–H groups in total. The lowest BCUT2D eigenvalue weighted by Gasteiger charge is -1.89. The number of ether oxygens (including phenoxy) is 1. The quantitative estimate of drug-likeness (QED) is 0.508. The Morgan fingerprint density at radius 1 is 1.42 bits per heavy atom. The largest absolute Gasteiger partial charge is 0.481 e. The number of hydrogen-bond donors (Lipinski definition) is 1. The highest BCUT2D eigenvalue weighted by molar-refractivity contribution is 5.66. The average Bonchev–Trinajstić information content (AvgIpc) is 2.07. The van der Waals surface area contributed by atoms with Crippen LogP contribution >= 0.6 is 0 Å². The Balaban J connectivity index is 0. The second kappa shape index (κ2) is 12.6. The van der Waals surface area contributed by atoms with Crippen molar-refractivity contribution in [1.29, 1.82) is 0 Å². The van der Waals surface area contributed by atoms with Gasteiger partial charge in [-0.3, -0.25) is 4.79 Å². The van der Waals surface area contributed by atoms with Gasteiger partial charge in [-0.05, 0) is 0 Å². The SMILES string of the molecule is C=CCOCC=C.CCC(=O)O. The van der Waals surface area contributed by atoms with Crippen molar-refractivity contribution in [3.8, 4) is 0 Å². The lowest BCUT2D eigenvalue weighted by atomic mass is 10.5. The van der Waals surface area contributed by atoms with Crippen molar-refractivity contribution in [2.45, 2.75) is 13.3 Å². The summed E-state index contributed by atoms with van der Waals surface area (Å²) in [5.41, 5.74) is 0. The van der Waals surface area contributed by atoms with Crippen LogP contribution in [0.4, 0.5) is 0 Å². The fourth-order valence-corrected chi connectivity index (χ4v) is 0.235. The molecule has 0 unspecified atom stereocenters. The van der Waals surface area contributed by atoms with Gasteiger partial charge >= 0.3 is 5.97 Å². The molecule has 0 rings (SSSR count). The van der Waals surface area contributed by atoms with E-state index in [0.29, 0.717) is 13.2 Å². The summed E-state index contributed by atoms with van der Waals surface area (Å²) in [5, 5.41) is 7.72. The van der Waals surface area contributed by atoms with Gasteiger partial charge in [0.1, 0.15) is 0 Å². The molecular weight excluding hydrogens is 156 g/mol. The molecule has 0 aliphatic carbocycles. The highest BCUT2D eigenvalue weighted by Crippen LogP contribution is 1.72. The highest BCUT2D eigenvalue weighted by atomic mass is 16.5. The van der Waals surface area contributed by atoms with Gasteiger partial charge < -0.3 is 9.84 Å². The molecule has 0 radical (unpaired) electrons. The van der Waals surface area contributed by atoms with Gasteiger partial charge in [-0.1, -0.05) is 19.1 Å². The second-order valence-electron chi connectivity index (χ2n) is 1.86. The summed E-state index contributed by atoms with van der Waals surface area (Å²) in [6.07, 6.45) is 3.65. The maximum absolute atomic E-state index is 9.37. The molecule has 0 aromatic heterocycles. The van der Waals surface area contributed by atoms with E-state index in [2.05, 4.69) is 13.2 Å². The first-order valence-electron chi connectivity index (χ1n) is 3.70. The minimum absolute atomic E-state index is 0.222. The van der Waals surface area contributed by atoms with Crippen molar-refractivity contribution >= 4 is 5.97 Å². The van der Waals surface area contributed by atoms with E-state index < -0.39 is 5.97 Å². The molecule has 0 saturated carbocycles. The maximum atomic E-state index is 9.37. The first-order valence-corrected chi connectivity index (χ1v) is 3.70. The molecule has 3 heteroatoms. The molecule has 0 atom stereocenters. The van der Waals surface area contributed by atoms with Gasteiger partial charge in [0.15, 0.2) is 0 Å². The third kappa shape index (κ3) is 23.1. The van der Waals surface area contributed by atoms with Gasteiger partial charge in [0.05, 0.1) is 13.2 Å². The summed E-state index contributed by atoms with van der Waals surface area (Å²) in [7, 11) is 0. The fourth-order valence-electron chi connectivity index (χ4n) is 0.235. The fraction of sp³-hybridized carbons (Fsp3) is 0.444. The van der Waals surface area contributed by atoms with Crippen LogP contribution in [-0.4, -0.2) is 24.3 Å². The number of carboxylic acid groups (broad SMARTS) is 1. The molecule has 12 heavy (non-hydrogen) atoms. The zero-order valence-corrected chi connectivity index (χ0v) is 7.45. The first-order chi connectivity index (χ1) is 5.68. The van der Waals surface area contributed by atoms with Crippen molar-refractivity contribution in [3.05, 3.63) is 25.3 Å². The lowest BCUT2D eigenvalue weighted by Crippen LogP contribution is -1.87. The zero-order chi connectivity index (χ0) is 9.82. The van der Waals surface area contributed by atoms with E-state index in [4.69, 9.17) is 9.84 Å². The van der Waals surface area contributed by atoms with Crippen LogP contribution in [0.3, 0.4) is 0 Å². The van der Waals surface area contributed by atoms with E-state index in [0.717, 1.165) is 0 Å². The standard InChI is InChI=1S/C6H10O.C3H6O2/c1-3-5-7-6-4-2;1-2-3(4)5/h3-4H,1-2,5-6H2;2H2,1H3,(H,4,5). The van der Waals surface area contributed by atoms with Crippen LogP contribution in [0.5, 0.6) is 0 Å². The van der Waals surface area contributed by atoms with Gasteiger partial charge in [-0.25, -0.2) is 0 Å². The Morgan fingerprint density at radius 3 is 1.92 bits per heavy atom. The predicted octanol–water partition coefficient (Wildman–Crippen LogP) is 1.86. The second-order valence-corrected chi connectivity index (χ2v) is 1.86. The summed E-state index contributed by atoms with van der Waals surface area (Å²) >= 11 is 0. The molecule has 0 heterocycles. The minimum atomic E-state index is -0.745. The predicted molar refractivity (Wildman–Crippen MR) is 49.1 cm³/mol. The van der Waals surface area contributed by atoms with E-state index >= 15 is 0 Å². The van der Waals surface area contributed by atoms with Gasteiger partial charge in [-0.2, -0.15) is 0 Å². The molecule has 0 bridgehead atoms. The number of aliphatic carboxylic acids is 1. The molecule has 0 amide bonds. The monoisotopic (exact) mass is 172 g/mol. The van der Waals surface area contributed by atoms with Crippen LogP contribution in [0.1, 0.15) is 13.3 Å². The number of carboxylic acids is 1. The molecule has 0 aliphatic rings. The molecule has 0 saturated heterocycles. The summed E-state index contributed by atoms with van der Waals surface area (Å²) in [6, 6.07) is 0. The molecule has 0 spiro atoms. The van der Waals surface area contributed by atoms with E-state index in [-0.39, 0.29) is 6.42 Å². The third-order valence-corrected chi connectivity index (χ3v) is 0.774. The highest BCUT2D eigenvalue weighted by Gasteiger charge is 1.80. The average molecular weight is 172 g/mol.